The second-order valence-corrected chi connectivity index (χ2v) is 2.62. The maximum absolute atomic E-state index is 4.23. The average molecular weight is 164 g/mol. The first-order valence-corrected chi connectivity index (χ1v) is 4.56. The number of hydrogen-bond acceptors (Lipinski definition) is 1. The monoisotopic (exact) mass is 164 g/mol. The lowest BCUT2D eigenvalue weighted by atomic mass is 10.2. The summed E-state index contributed by atoms with van der Waals surface area (Å²) in [5.74, 6) is 1.13. The van der Waals surface area contributed by atoms with Crippen LogP contribution in [0.5, 0.6) is 0 Å². The second kappa shape index (κ2) is 4.10. The van der Waals surface area contributed by atoms with Gasteiger partial charge < -0.3 is 4.57 Å². The Labute approximate surface area is 73.9 Å². The molecule has 0 aliphatic carbocycles. The molecular weight excluding hydrogens is 148 g/mol. The summed E-state index contributed by atoms with van der Waals surface area (Å²) in [7, 11) is 0. The predicted molar refractivity (Wildman–Crippen MR) is 51.8 cm³/mol. The van der Waals surface area contributed by atoms with E-state index in [4.69, 9.17) is 0 Å². The van der Waals surface area contributed by atoms with Crippen LogP contribution in [0.2, 0.25) is 0 Å². The van der Waals surface area contributed by atoms with Crippen LogP contribution in [0.15, 0.2) is 18.5 Å². The van der Waals surface area contributed by atoms with Crippen molar-refractivity contribution in [1.29, 1.82) is 0 Å². The minimum Gasteiger partial charge on any atom is -0.331 e. The summed E-state index contributed by atoms with van der Waals surface area (Å²) >= 11 is 0. The number of aromatic nitrogens is 2. The predicted octanol–water partition coefficient (Wildman–Crippen LogP) is 2.72. The van der Waals surface area contributed by atoms with Crippen molar-refractivity contribution in [3.8, 4) is 0 Å². The van der Waals surface area contributed by atoms with E-state index >= 15 is 0 Å². The Hall–Kier alpha value is -1.05. The number of rotatable bonds is 0. The Morgan fingerprint density at radius 1 is 1.42 bits per heavy atom. The topological polar surface area (TPSA) is 17.8 Å². The van der Waals surface area contributed by atoms with Gasteiger partial charge in [-0.1, -0.05) is 19.9 Å². The molecule has 0 fully saturated rings. The van der Waals surface area contributed by atoms with Crippen molar-refractivity contribution in [2.24, 2.45) is 0 Å². The highest BCUT2D eigenvalue weighted by Gasteiger charge is 2.07. The molecule has 2 nitrogen and oxygen atoms in total. The lowest BCUT2D eigenvalue weighted by molar-refractivity contribution is 0.683. The van der Waals surface area contributed by atoms with Gasteiger partial charge in [-0.25, -0.2) is 4.98 Å². The SMILES string of the molecule is CC.CC1=CCCn2ccnc21. The Morgan fingerprint density at radius 3 is 2.83 bits per heavy atom. The van der Waals surface area contributed by atoms with E-state index in [1.165, 1.54) is 5.57 Å². The van der Waals surface area contributed by atoms with Gasteiger partial charge in [0.15, 0.2) is 0 Å². The van der Waals surface area contributed by atoms with E-state index in [9.17, 15) is 0 Å². The largest absolute Gasteiger partial charge is 0.331 e. The molecule has 0 radical (unpaired) electrons. The average Bonchev–Trinajstić information content (AvgIpc) is 2.57. The van der Waals surface area contributed by atoms with Crippen LogP contribution >= 0.6 is 0 Å². The summed E-state index contributed by atoms with van der Waals surface area (Å²) < 4.78 is 2.19. The molecule has 0 bridgehead atoms. The van der Waals surface area contributed by atoms with E-state index in [1.807, 2.05) is 26.2 Å². The third-order valence-corrected chi connectivity index (χ3v) is 1.89. The Morgan fingerprint density at radius 2 is 2.17 bits per heavy atom. The zero-order chi connectivity index (χ0) is 8.97. The highest BCUT2D eigenvalue weighted by molar-refractivity contribution is 5.58. The molecule has 0 saturated carbocycles. The maximum Gasteiger partial charge on any atom is 0.135 e. The van der Waals surface area contributed by atoms with Crippen molar-refractivity contribution in [1.82, 2.24) is 9.55 Å². The van der Waals surface area contributed by atoms with E-state index in [2.05, 4.69) is 22.6 Å². The number of nitrogens with zero attached hydrogens (tertiary/aromatic N) is 2. The molecule has 0 spiro atoms. The fourth-order valence-electron chi connectivity index (χ4n) is 1.35. The summed E-state index contributed by atoms with van der Waals surface area (Å²) in [6, 6.07) is 0. The molecule has 12 heavy (non-hydrogen) atoms. The van der Waals surface area contributed by atoms with Gasteiger partial charge in [-0.15, -0.1) is 0 Å². The third kappa shape index (κ3) is 1.58. The molecule has 1 aromatic heterocycles. The Kier molecular flexibility index (Phi) is 3.09. The highest BCUT2D eigenvalue weighted by Crippen LogP contribution is 2.17. The van der Waals surface area contributed by atoms with Crippen molar-refractivity contribution >= 4 is 5.57 Å². The van der Waals surface area contributed by atoms with Gasteiger partial charge in [0.2, 0.25) is 0 Å². The minimum atomic E-state index is 1.09. The minimum absolute atomic E-state index is 1.09. The number of hydrogen-bond donors (Lipinski definition) is 0. The first-order chi connectivity index (χ1) is 5.88. The number of aryl methyl sites for hydroxylation is 1. The van der Waals surface area contributed by atoms with Crippen LogP contribution in [-0.2, 0) is 6.54 Å². The highest BCUT2D eigenvalue weighted by atomic mass is 15.1. The van der Waals surface area contributed by atoms with Gasteiger partial charge in [0, 0.05) is 18.9 Å². The van der Waals surface area contributed by atoms with Gasteiger partial charge in [0.1, 0.15) is 5.82 Å². The third-order valence-electron chi connectivity index (χ3n) is 1.89. The van der Waals surface area contributed by atoms with Crippen LogP contribution in [0.4, 0.5) is 0 Å². The zero-order valence-electron chi connectivity index (χ0n) is 8.04. The Balaban J connectivity index is 0.000000336. The molecule has 1 aliphatic rings. The van der Waals surface area contributed by atoms with Crippen LogP contribution in [0.25, 0.3) is 5.57 Å². The van der Waals surface area contributed by atoms with E-state index < -0.39 is 0 Å². The summed E-state index contributed by atoms with van der Waals surface area (Å²) in [5.41, 5.74) is 1.30. The molecular formula is C10H16N2. The van der Waals surface area contributed by atoms with Crippen LogP contribution in [0.3, 0.4) is 0 Å². The fourth-order valence-corrected chi connectivity index (χ4v) is 1.35. The molecule has 0 unspecified atom stereocenters. The number of fused-ring (bicyclic) bond motifs is 1. The normalized spacial score (nSPS) is 14.1. The number of allylic oxidation sites excluding steroid dienone is 2. The smallest absolute Gasteiger partial charge is 0.135 e. The first kappa shape index (κ1) is 9.04. The molecule has 0 aromatic carbocycles. The summed E-state index contributed by atoms with van der Waals surface area (Å²) in [5, 5.41) is 0. The van der Waals surface area contributed by atoms with Crippen LogP contribution in [-0.4, -0.2) is 9.55 Å². The summed E-state index contributed by atoms with van der Waals surface area (Å²) in [4.78, 5) is 4.23. The standard InChI is InChI=1S/C8H10N2.C2H6/c1-7-3-2-5-10-6-4-9-8(7)10;1-2/h3-4,6H,2,5H2,1H3;1-2H3. The molecule has 0 N–H and O–H groups in total. The van der Waals surface area contributed by atoms with Gasteiger partial charge in [0.25, 0.3) is 0 Å². The first-order valence-electron chi connectivity index (χ1n) is 4.56. The van der Waals surface area contributed by atoms with Crippen molar-refractivity contribution in [3.63, 3.8) is 0 Å². The lowest BCUT2D eigenvalue weighted by Gasteiger charge is -2.11. The molecule has 2 rings (SSSR count). The van der Waals surface area contributed by atoms with Gasteiger partial charge in [-0.05, 0) is 18.9 Å². The molecule has 0 atom stereocenters. The van der Waals surface area contributed by atoms with Crippen molar-refractivity contribution in [2.75, 3.05) is 0 Å². The fraction of sp³-hybridized carbons (Fsp3) is 0.500. The molecule has 1 aliphatic heterocycles. The molecule has 2 heterocycles. The van der Waals surface area contributed by atoms with Crippen molar-refractivity contribution < 1.29 is 0 Å². The van der Waals surface area contributed by atoms with Gasteiger partial charge in [-0.2, -0.15) is 0 Å². The van der Waals surface area contributed by atoms with E-state index in [0.29, 0.717) is 0 Å². The van der Waals surface area contributed by atoms with Gasteiger partial charge in [-0.3, -0.25) is 0 Å². The molecule has 1 aromatic rings. The van der Waals surface area contributed by atoms with Crippen molar-refractivity contribution in [3.05, 3.63) is 24.3 Å². The summed E-state index contributed by atoms with van der Waals surface area (Å²) in [6.07, 6.45) is 7.28. The van der Waals surface area contributed by atoms with Crippen LogP contribution in [0.1, 0.15) is 33.0 Å². The second-order valence-electron chi connectivity index (χ2n) is 2.62. The number of imidazole rings is 1. The van der Waals surface area contributed by atoms with E-state index in [-0.39, 0.29) is 0 Å². The Bertz CT molecular complexity index is 271. The van der Waals surface area contributed by atoms with Gasteiger partial charge >= 0.3 is 0 Å². The van der Waals surface area contributed by atoms with Crippen molar-refractivity contribution in [2.45, 2.75) is 33.7 Å². The molecule has 66 valence electrons. The molecule has 2 heteroatoms. The summed E-state index contributed by atoms with van der Waals surface area (Å²) in [6.45, 7) is 7.20. The van der Waals surface area contributed by atoms with Crippen LogP contribution in [0, 0.1) is 0 Å². The van der Waals surface area contributed by atoms with E-state index in [1.54, 1.807) is 0 Å². The quantitative estimate of drug-likeness (QED) is 0.576. The zero-order valence-corrected chi connectivity index (χ0v) is 8.04. The lowest BCUT2D eigenvalue weighted by Crippen LogP contribution is -2.05. The van der Waals surface area contributed by atoms with Gasteiger partial charge in [0.05, 0.1) is 0 Å². The molecule has 0 amide bonds. The maximum atomic E-state index is 4.23. The van der Waals surface area contributed by atoms with Crippen LogP contribution < -0.4 is 0 Å². The molecule has 0 saturated heterocycles. The van der Waals surface area contributed by atoms with E-state index in [0.717, 1.165) is 18.8 Å².